The van der Waals surface area contributed by atoms with Crippen LogP contribution in [-0.2, 0) is 4.79 Å². The lowest BCUT2D eigenvalue weighted by Gasteiger charge is -2.27. The van der Waals surface area contributed by atoms with Crippen LogP contribution in [0.25, 0.3) is 0 Å². The third-order valence-corrected chi connectivity index (χ3v) is 3.43. The highest BCUT2D eigenvalue weighted by Crippen LogP contribution is 2.29. The van der Waals surface area contributed by atoms with Gasteiger partial charge in [-0.2, -0.15) is 0 Å². The van der Waals surface area contributed by atoms with Crippen LogP contribution in [0.1, 0.15) is 25.5 Å². The highest BCUT2D eigenvalue weighted by molar-refractivity contribution is 6.35. The van der Waals surface area contributed by atoms with E-state index >= 15 is 0 Å². The van der Waals surface area contributed by atoms with Crippen LogP contribution in [0.2, 0.25) is 10.0 Å². The number of hydrogen-bond donors (Lipinski definition) is 0. The van der Waals surface area contributed by atoms with Crippen molar-refractivity contribution >= 4 is 40.7 Å². The van der Waals surface area contributed by atoms with Crippen LogP contribution >= 0.6 is 34.8 Å². The van der Waals surface area contributed by atoms with Gasteiger partial charge in [0.1, 0.15) is 5.38 Å². The molecule has 5 heteroatoms. The van der Waals surface area contributed by atoms with Crippen LogP contribution in [0, 0.1) is 0 Å². The summed E-state index contributed by atoms with van der Waals surface area (Å²) in [6.45, 7) is 3.54. The lowest BCUT2D eigenvalue weighted by atomic mass is 10.1. The van der Waals surface area contributed by atoms with Crippen LogP contribution in [0.4, 0.5) is 0 Å². The maximum atomic E-state index is 11.8. The quantitative estimate of drug-likeness (QED) is 0.767. The van der Waals surface area contributed by atoms with Crippen molar-refractivity contribution in [3.8, 4) is 0 Å². The topological polar surface area (TPSA) is 20.3 Å². The summed E-state index contributed by atoms with van der Waals surface area (Å²) in [6.07, 6.45) is 0. The van der Waals surface area contributed by atoms with Crippen LogP contribution in [0.5, 0.6) is 0 Å². The van der Waals surface area contributed by atoms with E-state index in [-0.39, 0.29) is 11.9 Å². The summed E-state index contributed by atoms with van der Waals surface area (Å²) >= 11 is 17.7. The maximum Gasteiger partial charge on any atom is 0.240 e. The monoisotopic (exact) mass is 293 g/mol. The van der Waals surface area contributed by atoms with E-state index in [4.69, 9.17) is 34.8 Å². The summed E-state index contributed by atoms with van der Waals surface area (Å²) in [6, 6.07) is 5.09. The van der Waals surface area contributed by atoms with Gasteiger partial charge in [-0.3, -0.25) is 4.79 Å². The lowest BCUT2D eigenvalue weighted by molar-refractivity contribution is -0.131. The minimum absolute atomic E-state index is 0.134. The number of carbonyl (C=O) groups excluding carboxylic acids is 1. The van der Waals surface area contributed by atoms with Crippen molar-refractivity contribution in [2.75, 3.05) is 7.05 Å². The summed E-state index contributed by atoms with van der Waals surface area (Å²) in [5.74, 6) is -0.134. The van der Waals surface area contributed by atoms with Gasteiger partial charge in [-0.15, -0.1) is 11.6 Å². The molecule has 2 unspecified atom stereocenters. The van der Waals surface area contributed by atoms with Gasteiger partial charge in [0.05, 0.1) is 6.04 Å². The molecule has 1 aromatic carbocycles. The summed E-state index contributed by atoms with van der Waals surface area (Å²) in [4.78, 5) is 13.3. The minimum Gasteiger partial charge on any atom is -0.338 e. The van der Waals surface area contributed by atoms with Crippen molar-refractivity contribution in [3.63, 3.8) is 0 Å². The van der Waals surface area contributed by atoms with Gasteiger partial charge in [0.25, 0.3) is 0 Å². The third-order valence-electron chi connectivity index (χ3n) is 2.68. The Balaban J connectivity index is 2.96. The van der Waals surface area contributed by atoms with E-state index in [1.165, 1.54) is 0 Å². The Hall–Kier alpha value is -0.440. The molecule has 0 heterocycles. The minimum atomic E-state index is -0.548. The second kappa shape index (κ2) is 5.94. The number of halogens is 3. The van der Waals surface area contributed by atoms with Crippen molar-refractivity contribution in [2.24, 2.45) is 0 Å². The molecule has 0 radical (unpaired) electrons. The molecule has 2 atom stereocenters. The fourth-order valence-electron chi connectivity index (χ4n) is 1.52. The normalized spacial score (nSPS) is 14.2. The van der Waals surface area contributed by atoms with E-state index in [0.29, 0.717) is 10.0 Å². The average Bonchev–Trinajstić information content (AvgIpc) is 2.26. The smallest absolute Gasteiger partial charge is 0.240 e. The van der Waals surface area contributed by atoms with Crippen LogP contribution in [0.3, 0.4) is 0 Å². The second-order valence-electron chi connectivity index (χ2n) is 3.91. The zero-order chi connectivity index (χ0) is 13.2. The first-order valence-electron chi connectivity index (χ1n) is 5.20. The SMILES string of the molecule is CC(Cl)C(=O)N(C)C(C)c1ccc(Cl)cc1Cl. The summed E-state index contributed by atoms with van der Waals surface area (Å²) in [7, 11) is 1.71. The van der Waals surface area contributed by atoms with E-state index in [0.717, 1.165) is 5.56 Å². The fourth-order valence-corrected chi connectivity index (χ4v) is 2.24. The Labute approximate surface area is 116 Å². The highest BCUT2D eigenvalue weighted by atomic mass is 35.5. The zero-order valence-electron chi connectivity index (χ0n) is 9.88. The molecule has 2 nitrogen and oxygen atoms in total. The second-order valence-corrected chi connectivity index (χ2v) is 5.41. The molecule has 0 aromatic heterocycles. The molecule has 0 aliphatic carbocycles. The Morgan fingerprint density at radius 1 is 1.29 bits per heavy atom. The fraction of sp³-hybridized carbons (Fsp3) is 0.417. The maximum absolute atomic E-state index is 11.8. The number of benzene rings is 1. The number of hydrogen-bond acceptors (Lipinski definition) is 1. The van der Waals surface area contributed by atoms with Crippen LogP contribution in [-0.4, -0.2) is 23.2 Å². The Kier molecular flexibility index (Phi) is 5.11. The molecule has 1 aromatic rings. The summed E-state index contributed by atoms with van der Waals surface area (Å²) in [5.41, 5.74) is 0.851. The van der Waals surface area contributed by atoms with Gasteiger partial charge in [-0.05, 0) is 31.5 Å². The molecule has 0 aliphatic rings. The van der Waals surface area contributed by atoms with E-state index in [1.54, 1.807) is 31.0 Å². The highest BCUT2D eigenvalue weighted by Gasteiger charge is 2.22. The molecular formula is C12H14Cl3NO. The van der Waals surface area contributed by atoms with Crippen molar-refractivity contribution in [1.29, 1.82) is 0 Å². The number of amides is 1. The number of nitrogens with zero attached hydrogens (tertiary/aromatic N) is 1. The molecule has 0 fully saturated rings. The molecule has 0 bridgehead atoms. The lowest BCUT2D eigenvalue weighted by Crippen LogP contribution is -2.34. The van der Waals surface area contributed by atoms with Gasteiger partial charge >= 0.3 is 0 Å². The first kappa shape index (κ1) is 14.6. The Bertz CT molecular complexity index is 420. The molecule has 94 valence electrons. The van der Waals surface area contributed by atoms with Crippen molar-refractivity contribution in [1.82, 2.24) is 4.90 Å². The van der Waals surface area contributed by atoms with E-state index in [9.17, 15) is 4.79 Å². The zero-order valence-corrected chi connectivity index (χ0v) is 12.1. The van der Waals surface area contributed by atoms with Gasteiger partial charge in [0, 0.05) is 17.1 Å². The van der Waals surface area contributed by atoms with E-state index < -0.39 is 5.38 Å². The van der Waals surface area contributed by atoms with Crippen molar-refractivity contribution in [2.45, 2.75) is 25.3 Å². The summed E-state index contributed by atoms with van der Waals surface area (Å²) < 4.78 is 0. The molecule has 1 rings (SSSR count). The molecule has 1 amide bonds. The molecule has 0 aliphatic heterocycles. The third kappa shape index (κ3) is 3.51. The van der Waals surface area contributed by atoms with E-state index in [2.05, 4.69) is 0 Å². The van der Waals surface area contributed by atoms with Gasteiger partial charge in [-0.25, -0.2) is 0 Å². The first-order chi connectivity index (χ1) is 7.84. The van der Waals surface area contributed by atoms with Crippen molar-refractivity contribution in [3.05, 3.63) is 33.8 Å². The largest absolute Gasteiger partial charge is 0.338 e. The molecule has 0 N–H and O–H groups in total. The van der Waals surface area contributed by atoms with Crippen molar-refractivity contribution < 1.29 is 4.79 Å². The van der Waals surface area contributed by atoms with Crippen LogP contribution in [0.15, 0.2) is 18.2 Å². The van der Waals surface area contributed by atoms with E-state index in [1.807, 2.05) is 13.0 Å². The molecule has 0 spiro atoms. The predicted molar refractivity (Wildman–Crippen MR) is 73.0 cm³/mol. The molecular weight excluding hydrogens is 280 g/mol. The Morgan fingerprint density at radius 3 is 2.35 bits per heavy atom. The molecule has 0 saturated heterocycles. The molecule has 17 heavy (non-hydrogen) atoms. The molecule has 0 saturated carbocycles. The predicted octanol–water partition coefficient (Wildman–Crippen LogP) is 4.14. The first-order valence-corrected chi connectivity index (χ1v) is 6.39. The standard InChI is InChI=1S/C12H14Cl3NO/c1-7(13)12(17)16(3)8(2)10-5-4-9(14)6-11(10)15/h4-8H,1-3H3. The number of carbonyl (C=O) groups is 1. The van der Waals surface area contributed by atoms with Crippen LogP contribution < -0.4 is 0 Å². The average molecular weight is 295 g/mol. The Morgan fingerprint density at radius 2 is 1.88 bits per heavy atom. The van der Waals surface area contributed by atoms with Gasteiger partial charge in [0.15, 0.2) is 0 Å². The number of alkyl halides is 1. The van der Waals surface area contributed by atoms with Gasteiger partial charge < -0.3 is 4.90 Å². The number of rotatable bonds is 3. The van der Waals surface area contributed by atoms with Gasteiger partial charge in [0.2, 0.25) is 5.91 Å². The summed E-state index contributed by atoms with van der Waals surface area (Å²) in [5, 5.41) is 0.575. The van der Waals surface area contributed by atoms with Gasteiger partial charge in [-0.1, -0.05) is 29.3 Å².